The summed E-state index contributed by atoms with van der Waals surface area (Å²) in [7, 11) is 0. The van der Waals surface area contributed by atoms with Crippen molar-refractivity contribution in [3.8, 4) is 11.3 Å². The number of carbonyl (C=O) groups is 1. The minimum absolute atomic E-state index is 0.148. The van der Waals surface area contributed by atoms with Gasteiger partial charge in [-0.25, -0.2) is 4.68 Å². The molecule has 0 aromatic carbocycles. The van der Waals surface area contributed by atoms with Crippen molar-refractivity contribution in [2.75, 3.05) is 0 Å². The highest BCUT2D eigenvalue weighted by Crippen LogP contribution is 2.12. The molecule has 0 aliphatic carbocycles. The van der Waals surface area contributed by atoms with Gasteiger partial charge in [0.2, 0.25) is 5.91 Å². The van der Waals surface area contributed by atoms with Crippen LogP contribution in [0.2, 0.25) is 0 Å². The number of amides is 1. The monoisotopic (exact) mass is 321 g/mol. The molecule has 7 heteroatoms. The number of pyridine rings is 2. The van der Waals surface area contributed by atoms with Crippen molar-refractivity contribution in [1.29, 1.82) is 0 Å². The van der Waals surface area contributed by atoms with Crippen molar-refractivity contribution < 1.29 is 4.79 Å². The van der Waals surface area contributed by atoms with E-state index in [0.29, 0.717) is 12.2 Å². The van der Waals surface area contributed by atoms with Crippen LogP contribution < -0.4 is 10.9 Å². The van der Waals surface area contributed by atoms with Crippen LogP contribution in [0.1, 0.15) is 5.69 Å². The minimum atomic E-state index is -0.333. The Labute approximate surface area is 138 Å². The highest BCUT2D eigenvalue weighted by atomic mass is 16.2. The quantitative estimate of drug-likeness (QED) is 0.757. The first kappa shape index (κ1) is 15.5. The Morgan fingerprint density at radius 1 is 1.04 bits per heavy atom. The maximum absolute atomic E-state index is 12.0. The van der Waals surface area contributed by atoms with Crippen molar-refractivity contribution in [3.63, 3.8) is 0 Å². The summed E-state index contributed by atoms with van der Waals surface area (Å²) in [6, 6.07) is 12.1. The summed E-state index contributed by atoms with van der Waals surface area (Å²) in [4.78, 5) is 32.0. The third kappa shape index (κ3) is 3.89. The van der Waals surface area contributed by atoms with Gasteiger partial charge in [0.1, 0.15) is 6.54 Å². The number of rotatable bonds is 5. The number of nitrogens with one attached hydrogen (secondary N) is 1. The molecule has 0 fully saturated rings. The molecule has 0 unspecified atom stereocenters. The molecule has 0 spiro atoms. The van der Waals surface area contributed by atoms with Crippen molar-refractivity contribution in [2.24, 2.45) is 0 Å². The van der Waals surface area contributed by atoms with Gasteiger partial charge in [-0.1, -0.05) is 6.07 Å². The molecule has 1 amide bonds. The summed E-state index contributed by atoms with van der Waals surface area (Å²) in [5, 5.41) is 6.96. The molecule has 120 valence electrons. The Morgan fingerprint density at radius 2 is 1.88 bits per heavy atom. The Kier molecular flexibility index (Phi) is 4.71. The van der Waals surface area contributed by atoms with Gasteiger partial charge in [0.25, 0.3) is 5.56 Å². The van der Waals surface area contributed by atoms with Crippen molar-refractivity contribution in [2.45, 2.75) is 13.1 Å². The summed E-state index contributed by atoms with van der Waals surface area (Å²) < 4.78 is 1.14. The summed E-state index contributed by atoms with van der Waals surface area (Å²) in [6.45, 7) is 0.156. The molecule has 0 bridgehead atoms. The molecule has 0 saturated carbocycles. The van der Waals surface area contributed by atoms with Gasteiger partial charge in [-0.15, -0.1) is 0 Å². The van der Waals surface area contributed by atoms with Gasteiger partial charge in [-0.2, -0.15) is 5.10 Å². The second-order valence-electron chi connectivity index (χ2n) is 5.05. The topological polar surface area (TPSA) is 89.8 Å². The highest BCUT2D eigenvalue weighted by Gasteiger charge is 2.08. The largest absolute Gasteiger partial charge is 0.349 e. The van der Waals surface area contributed by atoms with Gasteiger partial charge in [-0.05, 0) is 30.3 Å². The third-order valence-corrected chi connectivity index (χ3v) is 3.33. The maximum Gasteiger partial charge on any atom is 0.267 e. The molecule has 0 aliphatic heterocycles. The Hall–Kier alpha value is -3.35. The van der Waals surface area contributed by atoms with E-state index in [1.165, 1.54) is 6.07 Å². The molecule has 3 heterocycles. The van der Waals surface area contributed by atoms with Gasteiger partial charge in [0.15, 0.2) is 0 Å². The van der Waals surface area contributed by atoms with Crippen LogP contribution >= 0.6 is 0 Å². The number of hydrogen-bond acceptors (Lipinski definition) is 5. The third-order valence-electron chi connectivity index (χ3n) is 3.33. The van der Waals surface area contributed by atoms with Gasteiger partial charge in [0.05, 0.1) is 17.9 Å². The van der Waals surface area contributed by atoms with Crippen LogP contribution in [0, 0.1) is 0 Å². The summed E-state index contributed by atoms with van der Waals surface area (Å²) >= 11 is 0. The zero-order valence-electron chi connectivity index (χ0n) is 12.8. The second kappa shape index (κ2) is 7.28. The molecule has 7 nitrogen and oxygen atoms in total. The maximum atomic E-state index is 12.0. The van der Waals surface area contributed by atoms with Gasteiger partial charge < -0.3 is 5.32 Å². The first-order valence-corrected chi connectivity index (χ1v) is 7.37. The van der Waals surface area contributed by atoms with E-state index >= 15 is 0 Å². The lowest BCUT2D eigenvalue weighted by Gasteiger charge is -2.08. The van der Waals surface area contributed by atoms with Gasteiger partial charge >= 0.3 is 0 Å². The van der Waals surface area contributed by atoms with E-state index < -0.39 is 0 Å². The fourth-order valence-electron chi connectivity index (χ4n) is 2.12. The summed E-state index contributed by atoms with van der Waals surface area (Å²) in [5.74, 6) is -0.304. The van der Waals surface area contributed by atoms with E-state index in [-0.39, 0.29) is 18.0 Å². The standard InChI is InChI=1S/C17H15N5O2/c23-16(20-11-14-3-1-2-8-19-14)12-22-17(24)5-4-15(21-22)13-6-9-18-10-7-13/h1-10H,11-12H2,(H,20,23). The summed E-state index contributed by atoms with van der Waals surface area (Å²) in [5.41, 5.74) is 1.85. The molecule has 3 aromatic heterocycles. The van der Waals surface area contributed by atoms with Crippen LogP contribution in [0.5, 0.6) is 0 Å². The molecule has 0 atom stereocenters. The molecule has 24 heavy (non-hydrogen) atoms. The SMILES string of the molecule is O=C(Cn1nc(-c2ccncc2)ccc1=O)NCc1ccccn1. The molecule has 0 saturated heterocycles. The molecular weight excluding hydrogens is 306 g/mol. The lowest BCUT2D eigenvalue weighted by Crippen LogP contribution is -2.33. The first-order valence-electron chi connectivity index (χ1n) is 7.37. The number of aromatic nitrogens is 4. The van der Waals surface area contributed by atoms with E-state index in [1.807, 2.05) is 12.1 Å². The fourth-order valence-corrected chi connectivity index (χ4v) is 2.12. The van der Waals surface area contributed by atoms with Crippen LogP contribution in [0.25, 0.3) is 11.3 Å². The molecule has 1 N–H and O–H groups in total. The van der Waals surface area contributed by atoms with Crippen LogP contribution in [0.4, 0.5) is 0 Å². The number of carbonyl (C=O) groups excluding carboxylic acids is 1. The van der Waals surface area contributed by atoms with E-state index in [1.54, 1.807) is 42.9 Å². The first-order chi connectivity index (χ1) is 11.7. The summed E-state index contributed by atoms with van der Waals surface area (Å²) in [6.07, 6.45) is 4.95. The van der Waals surface area contributed by atoms with Crippen LogP contribution in [0.15, 0.2) is 65.8 Å². The Bertz CT molecular complexity index is 878. The van der Waals surface area contributed by atoms with Crippen molar-refractivity contribution >= 4 is 5.91 Å². The van der Waals surface area contributed by atoms with Crippen LogP contribution in [0.3, 0.4) is 0 Å². The lowest BCUT2D eigenvalue weighted by molar-refractivity contribution is -0.122. The van der Waals surface area contributed by atoms with E-state index in [4.69, 9.17) is 0 Å². The number of hydrogen-bond donors (Lipinski definition) is 1. The van der Waals surface area contributed by atoms with E-state index in [2.05, 4.69) is 20.4 Å². The predicted octanol–water partition coefficient (Wildman–Crippen LogP) is 1.02. The fraction of sp³-hybridized carbons (Fsp3) is 0.118. The van der Waals surface area contributed by atoms with Crippen molar-refractivity contribution in [1.82, 2.24) is 25.1 Å². The molecule has 0 aliphatic rings. The van der Waals surface area contributed by atoms with Gasteiger partial charge in [0, 0.05) is 30.2 Å². The average molecular weight is 321 g/mol. The molecular formula is C17H15N5O2. The van der Waals surface area contributed by atoms with E-state index in [0.717, 1.165) is 15.9 Å². The minimum Gasteiger partial charge on any atom is -0.349 e. The normalized spacial score (nSPS) is 10.3. The van der Waals surface area contributed by atoms with E-state index in [9.17, 15) is 9.59 Å². The predicted molar refractivity (Wildman–Crippen MR) is 87.8 cm³/mol. The Morgan fingerprint density at radius 3 is 2.62 bits per heavy atom. The molecule has 3 aromatic rings. The molecule has 3 rings (SSSR count). The Balaban J connectivity index is 1.70. The molecule has 0 radical (unpaired) electrons. The second-order valence-corrected chi connectivity index (χ2v) is 5.05. The average Bonchev–Trinajstić information content (AvgIpc) is 2.63. The van der Waals surface area contributed by atoms with Crippen LogP contribution in [-0.2, 0) is 17.9 Å². The lowest BCUT2D eigenvalue weighted by atomic mass is 10.2. The van der Waals surface area contributed by atoms with Crippen LogP contribution in [-0.4, -0.2) is 25.7 Å². The van der Waals surface area contributed by atoms with Crippen molar-refractivity contribution in [3.05, 3.63) is 77.1 Å². The highest BCUT2D eigenvalue weighted by molar-refractivity contribution is 5.75. The zero-order valence-corrected chi connectivity index (χ0v) is 12.8. The smallest absolute Gasteiger partial charge is 0.267 e. The van der Waals surface area contributed by atoms with Gasteiger partial charge in [-0.3, -0.25) is 19.6 Å². The number of nitrogens with zero attached hydrogens (tertiary/aromatic N) is 4. The zero-order chi connectivity index (χ0) is 16.8.